The van der Waals surface area contributed by atoms with Crippen molar-refractivity contribution >= 4 is 0 Å². The molecule has 0 amide bonds. The van der Waals surface area contributed by atoms with Crippen LogP contribution in [0.25, 0.3) is 0 Å². The zero-order valence-corrected chi connectivity index (χ0v) is 10.4. The molecule has 0 radical (unpaired) electrons. The van der Waals surface area contributed by atoms with Crippen LogP contribution >= 0.6 is 0 Å². The second-order valence-corrected chi connectivity index (χ2v) is 4.64. The summed E-state index contributed by atoms with van der Waals surface area (Å²) in [7, 11) is 0. The Morgan fingerprint density at radius 2 is 2.35 bits per heavy atom. The number of unbranched alkanes of at least 4 members (excludes halogenated alkanes) is 1. The molecule has 0 aromatic carbocycles. The lowest BCUT2D eigenvalue weighted by Crippen LogP contribution is -2.27. The van der Waals surface area contributed by atoms with Crippen molar-refractivity contribution in [3.05, 3.63) is 11.7 Å². The molecule has 17 heavy (non-hydrogen) atoms. The first-order chi connectivity index (χ1) is 8.29. The van der Waals surface area contributed by atoms with Gasteiger partial charge in [-0.05, 0) is 25.7 Å². The third kappa shape index (κ3) is 3.51. The Kier molecular flexibility index (Phi) is 4.50. The smallest absolute Gasteiger partial charge is 0.226 e. The number of nitrogens with two attached hydrogens (primary N) is 1. The van der Waals surface area contributed by atoms with Crippen LogP contribution in [0.15, 0.2) is 4.52 Å². The summed E-state index contributed by atoms with van der Waals surface area (Å²) in [5.74, 6) is 1.25. The molecule has 1 aliphatic rings. The first-order valence-corrected chi connectivity index (χ1v) is 6.49. The molecule has 1 atom stereocenters. The quantitative estimate of drug-likeness (QED) is 0.787. The fourth-order valence-corrected chi connectivity index (χ4v) is 1.70. The van der Waals surface area contributed by atoms with Crippen LogP contribution in [0.3, 0.4) is 0 Å². The molecular formula is C12H21N3O2. The second kappa shape index (κ2) is 6.12. The molecule has 1 fully saturated rings. The molecule has 2 rings (SSSR count). The number of aryl methyl sites for hydroxylation is 1. The van der Waals surface area contributed by atoms with E-state index in [-0.39, 0.29) is 6.04 Å². The van der Waals surface area contributed by atoms with Crippen LogP contribution in [-0.2, 0) is 11.2 Å². The van der Waals surface area contributed by atoms with Gasteiger partial charge in [-0.2, -0.15) is 4.98 Å². The molecule has 0 bridgehead atoms. The molecule has 0 aliphatic heterocycles. The highest BCUT2D eigenvalue weighted by Crippen LogP contribution is 2.23. The Balaban J connectivity index is 1.76. The Hall–Kier alpha value is -0.940. The van der Waals surface area contributed by atoms with Crippen LogP contribution in [0.4, 0.5) is 0 Å². The van der Waals surface area contributed by atoms with Crippen LogP contribution in [0.5, 0.6) is 0 Å². The summed E-state index contributed by atoms with van der Waals surface area (Å²) in [5.41, 5.74) is 5.95. The van der Waals surface area contributed by atoms with Gasteiger partial charge in [-0.3, -0.25) is 0 Å². The highest BCUT2D eigenvalue weighted by atomic mass is 16.5. The number of rotatable bonds is 7. The molecule has 0 saturated heterocycles. The van der Waals surface area contributed by atoms with E-state index in [1.165, 1.54) is 6.42 Å². The minimum Gasteiger partial charge on any atom is -0.376 e. The minimum absolute atomic E-state index is 0.269. The van der Waals surface area contributed by atoms with Crippen molar-refractivity contribution in [1.29, 1.82) is 0 Å². The van der Waals surface area contributed by atoms with Crippen LogP contribution in [0.2, 0.25) is 0 Å². The average Bonchev–Trinajstić information content (AvgIpc) is 2.72. The van der Waals surface area contributed by atoms with E-state index in [2.05, 4.69) is 17.1 Å². The molecule has 0 spiro atoms. The van der Waals surface area contributed by atoms with E-state index < -0.39 is 0 Å². The number of aromatic nitrogens is 2. The van der Waals surface area contributed by atoms with E-state index in [1.807, 2.05) is 0 Å². The predicted octanol–water partition coefficient (Wildman–Crippen LogP) is 1.98. The number of hydrogen-bond acceptors (Lipinski definition) is 5. The Morgan fingerprint density at radius 1 is 1.53 bits per heavy atom. The van der Waals surface area contributed by atoms with Gasteiger partial charge in [0.15, 0.2) is 5.82 Å². The van der Waals surface area contributed by atoms with Gasteiger partial charge in [0.25, 0.3) is 0 Å². The summed E-state index contributed by atoms with van der Waals surface area (Å²) < 4.78 is 10.8. The monoisotopic (exact) mass is 239 g/mol. The molecule has 1 heterocycles. The van der Waals surface area contributed by atoms with Crippen molar-refractivity contribution in [2.75, 3.05) is 6.61 Å². The highest BCUT2D eigenvalue weighted by molar-refractivity contribution is 4.93. The summed E-state index contributed by atoms with van der Waals surface area (Å²) in [4.78, 5) is 4.29. The standard InChI is InChI=1S/C12H21N3O2/c1-2-3-7-11-14-12(15-17-11)10(13)8-16-9-5-4-6-9/h9-10H,2-8,13H2,1H3. The van der Waals surface area contributed by atoms with E-state index in [9.17, 15) is 0 Å². The van der Waals surface area contributed by atoms with Gasteiger partial charge in [-0.25, -0.2) is 0 Å². The van der Waals surface area contributed by atoms with Gasteiger partial charge in [0, 0.05) is 6.42 Å². The number of hydrogen-bond donors (Lipinski definition) is 1. The van der Waals surface area contributed by atoms with E-state index in [0.717, 1.165) is 32.1 Å². The van der Waals surface area contributed by atoms with Crippen molar-refractivity contribution in [2.24, 2.45) is 5.73 Å². The summed E-state index contributed by atoms with van der Waals surface area (Å²) in [6.45, 7) is 2.62. The van der Waals surface area contributed by atoms with E-state index in [4.69, 9.17) is 15.0 Å². The molecule has 96 valence electrons. The van der Waals surface area contributed by atoms with Gasteiger partial charge < -0.3 is 15.0 Å². The molecular weight excluding hydrogens is 218 g/mol. The van der Waals surface area contributed by atoms with Crippen molar-refractivity contribution in [1.82, 2.24) is 10.1 Å². The zero-order chi connectivity index (χ0) is 12.1. The fourth-order valence-electron chi connectivity index (χ4n) is 1.70. The van der Waals surface area contributed by atoms with Crippen LogP contribution in [-0.4, -0.2) is 22.9 Å². The SMILES string of the molecule is CCCCc1nc(C(N)COC2CCC2)no1. The minimum atomic E-state index is -0.269. The molecule has 1 unspecified atom stereocenters. The lowest BCUT2D eigenvalue weighted by Gasteiger charge is -2.26. The van der Waals surface area contributed by atoms with Crippen LogP contribution < -0.4 is 5.73 Å². The second-order valence-electron chi connectivity index (χ2n) is 4.64. The number of nitrogens with zero attached hydrogens (tertiary/aromatic N) is 2. The molecule has 1 aromatic rings. The fraction of sp³-hybridized carbons (Fsp3) is 0.833. The molecule has 5 heteroatoms. The Bertz CT molecular complexity index is 336. The van der Waals surface area contributed by atoms with Gasteiger partial charge in [-0.1, -0.05) is 18.5 Å². The Morgan fingerprint density at radius 3 is 3.00 bits per heavy atom. The summed E-state index contributed by atoms with van der Waals surface area (Å²) in [5, 5.41) is 3.90. The summed E-state index contributed by atoms with van der Waals surface area (Å²) in [6.07, 6.45) is 6.99. The first-order valence-electron chi connectivity index (χ1n) is 6.49. The highest BCUT2D eigenvalue weighted by Gasteiger charge is 2.21. The molecule has 2 N–H and O–H groups in total. The van der Waals surface area contributed by atoms with Crippen molar-refractivity contribution < 1.29 is 9.26 Å². The normalized spacial score (nSPS) is 18.0. The average molecular weight is 239 g/mol. The van der Waals surface area contributed by atoms with Gasteiger partial charge in [-0.15, -0.1) is 0 Å². The van der Waals surface area contributed by atoms with Crippen molar-refractivity contribution in [3.63, 3.8) is 0 Å². The van der Waals surface area contributed by atoms with Crippen LogP contribution in [0, 0.1) is 0 Å². The largest absolute Gasteiger partial charge is 0.376 e. The molecule has 5 nitrogen and oxygen atoms in total. The lowest BCUT2D eigenvalue weighted by atomic mass is 9.96. The van der Waals surface area contributed by atoms with Crippen LogP contribution in [0.1, 0.15) is 56.8 Å². The van der Waals surface area contributed by atoms with Gasteiger partial charge >= 0.3 is 0 Å². The number of ether oxygens (including phenoxy) is 1. The predicted molar refractivity (Wildman–Crippen MR) is 63.4 cm³/mol. The maximum Gasteiger partial charge on any atom is 0.226 e. The topological polar surface area (TPSA) is 74.2 Å². The third-order valence-corrected chi connectivity index (χ3v) is 3.12. The molecule has 1 aromatic heterocycles. The maximum absolute atomic E-state index is 5.95. The van der Waals surface area contributed by atoms with Crippen molar-refractivity contribution in [3.8, 4) is 0 Å². The lowest BCUT2D eigenvalue weighted by molar-refractivity contribution is -0.00549. The van der Waals surface area contributed by atoms with E-state index >= 15 is 0 Å². The van der Waals surface area contributed by atoms with E-state index in [0.29, 0.717) is 24.4 Å². The van der Waals surface area contributed by atoms with E-state index in [1.54, 1.807) is 0 Å². The van der Waals surface area contributed by atoms with Gasteiger partial charge in [0.05, 0.1) is 18.8 Å². The first kappa shape index (κ1) is 12.5. The Labute approximate surface area is 102 Å². The molecule has 1 saturated carbocycles. The maximum atomic E-state index is 5.95. The summed E-state index contributed by atoms with van der Waals surface area (Å²) >= 11 is 0. The van der Waals surface area contributed by atoms with Gasteiger partial charge in [0.1, 0.15) is 0 Å². The molecule has 1 aliphatic carbocycles. The zero-order valence-electron chi connectivity index (χ0n) is 10.4. The van der Waals surface area contributed by atoms with Crippen molar-refractivity contribution in [2.45, 2.75) is 57.6 Å². The van der Waals surface area contributed by atoms with Gasteiger partial charge in [0.2, 0.25) is 5.89 Å². The summed E-state index contributed by atoms with van der Waals surface area (Å²) in [6, 6.07) is -0.269. The third-order valence-electron chi connectivity index (χ3n) is 3.12.